The first kappa shape index (κ1) is 51.9. The van der Waals surface area contributed by atoms with Crippen LogP contribution in [0.1, 0.15) is 173 Å². The van der Waals surface area contributed by atoms with Gasteiger partial charge in [0.05, 0.1) is 34.8 Å². The van der Waals surface area contributed by atoms with E-state index in [9.17, 15) is 18.4 Å². The zero-order valence-electron chi connectivity index (χ0n) is 39.9. The molecule has 356 valence electrons. The maximum atomic E-state index is 14.9. The van der Waals surface area contributed by atoms with E-state index in [1.165, 1.54) is 126 Å². The Labute approximate surface area is 397 Å². The van der Waals surface area contributed by atoms with E-state index in [1.54, 1.807) is 67.7 Å². The van der Waals surface area contributed by atoms with Crippen molar-refractivity contribution in [2.75, 3.05) is 6.61 Å². The Morgan fingerprint density at radius 1 is 0.522 bits per heavy atom. The van der Waals surface area contributed by atoms with Crippen LogP contribution in [0, 0.1) is 18.6 Å². The van der Waals surface area contributed by atoms with Gasteiger partial charge < -0.3 is 14.2 Å². The van der Waals surface area contributed by atoms with E-state index in [0.29, 0.717) is 33.8 Å². The number of hydrogen-bond acceptors (Lipinski definition) is 8. The predicted molar refractivity (Wildman–Crippen MR) is 266 cm³/mol. The molecule has 0 radical (unpaired) electrons. The predicted octanol–water partition coefficient (Wildman–Crippen LogP) is 17.3. The molecule has 0 atom stereocenters. The molecule has 0 saturated heterocycles. The van der Waals surface area contributed by atoms with Gasteiger partial charge in [-0.3, -0.25) is 4.99 Å². The molecule has 10 heteroatoms. The standard InChI is InChI=1S/C57H69F2N3O5/c1-4-6-8-10-12-14-15-17-19-21-24-44-27-31-46(32-28-44)61-62-47-33-37-49(38-34-47)66-56(63)50-25-23-26-52(43(50)3)60-42-45-29-35-48(36-30-45)67-57(64)51-39-40-53(55(59)54(51)58)65-41-22-20-18-16-13-11-9-7-5-2/h23,25-40,42H,4-22,24,41H2,1-3H3. The summed E-state index contributed by atoms with van der Waals surface area (Å²) in [6.07, 6.45) is 26.2. The van der Waals surface area contributed by atoms with Gasteiger partial charge >= 0.3 is 11.9 Å². The van der Waals surface area contributed by atoms with Gasteiger partial charge in [-0.05, 0) is 128 Å². The Kier molecular flexibility index (Phi) is 22.9. The minimum absolute atomic E-state index is 0.143. The molecule has 8 nitrogen and oxygen atoms in total. The van der Waals surface area contributed by atoms with Crippen molar-refractivity contribution < 1.29 is 32.6 Å². The van der Waals surface area contributed by atoms with Crippen molar-refractivity contribution in [2.45, 2.75) is 149 Å². The van der Waals surface area contributed by atoms with Crippen molar-refractivity contribution in [2.24, 2.45) is 15.2 Å². The summed E-state index contributed by atoms with van der Waals surface area (Å²) < 4.78 is 46.3. The fraction of sp³-hybridized carbons (Fsp3) is 0.421. The molecule has 0 heterocycles. The number of aryl methyl sites for hydroxylation is 1. The first-order valence-electron chi connectivity index (χ1n) is 24.6. The van der Waals surface area contributed by atoms with Crippen LogP contribution in [0.2, 0.25) is 0 Å². The Balaban J connectivity index is 1.04. The van der Waals surface area contributed by atoms with Gasteiger partial charge in [-0.25, -0.2) is 14.0 Å². The first-order valence-corrected chi connectivity index (χ1v) is 24.6. The van der Waals surface area contributed by atoms with Gasteiger partial charge in [0.1, 0.15) is 11.5 Å². The van der Waals surface area contributed by atoms with E-state index in [2.05, 4.69) is 41.2 Å². The zero-order valence-corrected chi connectivity index (χ0v) is 39.9. The van der Waals surface area contributed by atoms with Gasteiger partial charge in [-0.2, -0.15) is 14.6 Å². The molecule has 5 aromatic carbocycles. The number of aliphatic imine (C=N–C) groups is 1. The SMILES string of the molecule is CCCCCCCCCCCCc1ccc(N=Nc2ccc(OC(=O)c3cccc(N=Cc4ccc(OC(=O)c5ccc(OCCCCCCCCCCC)c(F)c5F)cc4)c3C)cc2)cc1. The van der Waals surface area contributed by atoms with Crippen molar-refractivity contribution in [1.82, 2.24) is 0 Å². The second-order valence-electron chi connectivity index (χ2n) is 17.3. The van der Waals surface area contributed by atoms with Gasteiger partial charge in [0.2, 0.25) is 5.82 Å². The number of unbranched alkanes of at least 4 members (excludes halogenated alkanes) is 17. The second-order valence-corrected chi connectivity index (χ2v) is 17.3. The highest BCUT2D eigenvalue weighted by atomic mass is 19.2. The number of ether oxygens (including phenoxy) is 3. The molecule has 0 saturated carbocycles. The smallest absolute Gasteiger partial charge is 0.346 e. The number of rotatable bonds is 30. The summed E-state index contributed by atoms with van der Waals surface area (Å²) >= 11 is 0. The molecular formula is C57H69F2N3O5. The maximum Gasteiger partial charge on any atom is 0.346 e. The Morgan fingerprint density at radius 3 is 1.58 bits per heavy atom. The second kappa shape index (κ2) is 29.6. The summed E-state index contributed by atoms with van der Waals surface area (Å²) in [5.74, 6) is -3.82. The molecule has 0 unspecified atom stereocenters. The van der Waals surface area contributed by atoms with Crippen LogP contribution < -0.4 is 14.2 Å². The summed E-state index contributed by atoms with van der Waals surface area (Å²) in [5.41, 5.74) is 4.41. The molecule has 67 heavy (non-hydrogen) atoms. The van der Waals surface area contributed by atoms with E-state index in [1.807, 2.05) is 12.1 Å². The minimum atomic E-state index is -1.32. The fourth-order valence-electron chi connectivity index (χ4n) is 7.71. The zero-order chi connectivity index (χ0) is 47.5. The Hall–Kier alpha value is -6.03. The highest BCUT2D eigenvalue weighted by Crippen LogP contribution is 2.28. The maximum absolute atomic E-state index is 14.9. The van der Waals surface area contributed by atoms with Crippen molar-refractivity contribution in [1.29, 1.82) is 0 Å². The van der Waals surface area contributed by atoms with Gasteiger partial charge in [-0.1, -0.05) is 141 Å². The van der Waals surface area contributed by atoms with Crippen LogP contribution >= 0.6 is 0 Å². The quantitative estimate of drug-likeness (QED) is 0.0150. The van der Waals surface area contributed by atoms with E-state index < -0.39 is 29.1 Å². The third kappa shape index (κ3) is 18.3. The lowest BCUT2D eigenvalue weighted by Gasteiger charge is -2.10. The Bertz CT molecular complexity index is 2310. The molecule has 0 aliphatic carbocycles. The third-order valence-corrected chi connectivity index (χ3v) is 11.8. The summed E-state index contributed by atoms with van der Waals surface area (Å²) in [6.45, 7) is 6.52. The molecule has 0 fully saturated rings. The van der Waals surface area contributed by atoms with Gasteiger partial charge in [0.25, 0.3) is 0 Å². The lowest BCUT2D eigenvalue weighted by molar-refractivity contribution is 0.0721. The molecule has 0 aliphatic rings. The van der Waals surface area contributed by atoms with Crippen molar-refractivity contribution in [3.05, 3.63) is 143 Å². The molecule has 5 aromatic rings. The number of halogens is 2. The topological polar surface area (TPSA) is 98.9 Å². The van der Waals surface area contributed by atoms with Gasteiger partial charge in [0.15, 0.2) is 11.6 Å². The van der Waals surface area contributed by atoms with Crippen LogP contribution in [0.15, 0.2) is 118 Å². The van der Waals surface area contributed by atoms with Gasteiger partial charge in [0, 0.05) is 6.21 Å². The molecule has 0 aromatic heterocycles. The van der Waals surface area contributed by atoms with Gasteiger partial charge in [-0.15, -0.1) is 0 Å². The summed E-state index contributed by atoms with van der Waals surface area (Å²) in [4.78, 5) is 30.6. The molecule has 0 aliphatic heterocycles. The highest BCUT2D eigenvalue weighted by molar-refractivity contribution is 5.95. The minimum Gasteiger partial charge on any atom is -0.490 e. The highest BCUT2D eigenvalue weighted by Gasteiger charge is 2.21. The largest absolute Gasteiger partial charge is 0.490 e. The van der Waals surface area contributed by atoms with E-state index >= 15 is 0 Å². The van der Waals surface area contributed by atoms with Crippen LogP contribution in [-0.2, 0) is 6.42 Å². The summed E-state index contributed by atoms with van der Waals surface area (Å²) in [5, 5.41) is 8.74. The monoisotopic (exact) mass is 914 g/mol. The van der Waals surface area contributed by atoms with Crippen LogP contribution in [0.5, 0.6) is 17.2 Å². The van der Waals surface area contributed by atoms with Crippen LogP contribution in [0.3, 0.4) is 0 Å². The average Bonchev–Trinajstić information content (AvgIpc) is 3.34. The lowest BCUT2D eigenvalue weighted by Crippen LogP contribution is -2.12. The molecule has 0 spiro atoms. The average molecular weight is 914 g/mol. The lowest BCUT2D eigenvalue weighted by atomic mass is 10.0. The van der Waals surface area contributed by atoms with E-state index in [0.717, 1.165) is 37.8 Å². The van der Waals surface area contributed by atoms with Crippen molar-refractivity contribution >= 4 is 35.2 Å². The Morgan fingerprint density at radius 2 is 1.01 bits per heavy atom. The van der Waals surface area contributed by atoms with E-state index in [4.69, 9.17) is 14.2 Å². The molecular weight excluding hydrogens is 845 g/mol. The summed E-state index contributed by atoms with van der Waals surface area (Å²) in [7, 11) is 0. The van der Waals surface area contributed by atoms with Crippen LogP contribution in [0.4, 0.5) is 25.8 Å². The van der Waals surface area contributed by atoms with Crippen molar-refractivity contribution in [3.63, 3.8) is 0 Å². The number of azo groups is 1. The summed E-state index contributed by atoms with van der Waals surface area (Å²) in [6, 6.07) is 29.1. The van der Waals surface area contributed by atoms with Crippen LogP contribution in [0.25, 0.3) is 0 Å². The normalized spacial score (nSPS) is 11.4. The molecule has 0 amide bonds. The molecule has 0 bridgehead atoms. The number of carbonyl (C=O) groups is 2. The number of benzene rings is 5. The van der Waals surface area contributed by atoms with Crippen molar-refractivity contribution in [3.8, 4) is 17.2 Å². The number of esters is 2. The number of nitrogens with zero attached hydrogens (tertiary/aromatic N) is 3. The number of hydrogen-bond donors (Lipinski definition) is 0. The van der Waals surface area contributed by atoms with E-state index in [-0.39, 0.29) is 18.1 Å². The number of carbonyl (C=O) groups excluding carboxylic acids is 2. The third-order valence-electron chi connectivity index (χ3n) is 11.8. The molecule has 5 rings (SSSR count). The first-order chi connectivity index (χ1) is 32.7. The fourth-order valence-corrected chi connectivity index (χ4v) is 7.71. The van der Waals surface area contributed by atoms with Crippen LogP contribution in [-0.4, -0.2) is 24.8 Å². The molecule has 0 N–H and O–H groups in total.